The van der Waals surface area contributed by atoms with Crippen LogP contribution in [0.1, 0.15) is 27.4 Å². The second kappa shape index (κ2) is 9.45. The molecule has 0 aliphatic rings. The molecule has 2 aromatic heterocycles. The zero-order chi connectivity index (χ0) is 20.8. The molecule has 2 aromatic carbocycles. The molecule has 0 unspecified atom stereocenters. The van der Waals surface area contributed by atoms with Crippen molar-refractivity contribution in [3.63, 3.8) is 0 Å². The number of imidazole rings is 1. The third-order valence-electron chi connectivity index (χ3n) is 4.45. The van der Waals surface area contributed by atoms with Crippen molar-refractivity contribution in [3.8, 4) is 5.75 Å². The lowest BCUT2D eigenvalue weighted by atomic mass is 10.1. The molecule has 0 saturated heterocycles. The van der Waals surface area contributed by atoms with Gasteiger partial charge in [-0.1, -0.05) is 40.2 Å². The first kappa shape index (κ1) is 20.0. The van der Waals surface area contributed by atoms with E-state index in [9.17, 15) is 4.79 Å². The predicted octanol–water partition coefficient (Wildman–Crippen LogP) is 4.80. The first-order valence-electron chi connectivity index (χ1n) is 9.44. The van der Waals surface area contributed by atoms with Gasteiger partial charge in [0.15, 0.2) is 5.76 Å². The maximum atomic E-state index is 12.4. The van der Waals surface area contributed by atoms with Gasteiger partial charge in [0.2, 0.25) is 0 Å². The molecular formula is C23H20BrN3O3. The van der Waals surface area contributed by atoms with Gasteiger partial charge in [-0.15, -0.1) is 0 Å². The normalized spacial score (nSPS) is 10.7. The Hall–Kier alpha value is -3.32. The Kier molecular flexibility index (Phi) is 6.29. The number of halogens is 1. The highest BCUT2D eigenvalue weighted by molar-refractivity contribution is 9.10. The van der Waals surface area contributed by atoms with Crippen LogP contribution in [0.5, 0.6) is 5.75 Å². The molecule has 1 amide bonds. The molecule has 0 spiro atoms. The summed E-state index contributed by atoms with van der Waals surface area (Å²) in [6.45, 7) is 1.41. The molecule has 2 heterocycles. The minimum atomic E-state index is -0.259. The van der Waals surface area contributed by atoms with Crippen LogP contribution in [0, 0.1) is 0 Å². The molecule has 0 aliphatic carbocycles. The molecule has 4 rings (SSSR count). The van der Waals surface area contributed by atoms with Crippen LogP contribution in [0.25, 0.3) is 0 Å². The second-order valence-corrected chi connectivity index (χ2v) is 7.66. The van der Waals surface area contributed by atoms with E-state index in [-0.39, 0.29) is 18.3 Å². The highest BCUT2D eigenvalue weighted by atomic mass is 79.9. The molecule has 152 valence electrons. The van der Waals surface area contributed by atoms with Crippen LogP contribution < -0.4 is 10.1 Å². The van der Waals surface area contributed by atoms with Crippen molar-refractivity contribution < 1.29 is 13.9 Å². The number of rotatable bonds is 8. The number of hydrogen-bond donors (Lipinski definition) is 1. The van der Waals surface area contributed by atoms with E-state index in [0.717, 1.165) is 27.9 Å². The monoisotopic (exact) mass is 465 g/mol. The molecule has 0 radical (unpaired) electrons. The van der Waals surface area contributed by atoms with Gasteiger partial charge in [-0.05, 0) is 47.5 Å². The van der Waals surface area contributed by atoms with E-state index in [1.807, 2.05) is 47.2 Å². The molecular weight excluding hydrogens is 446 g/mol. The number of ether oxygens (including phenoxy) is 1. The fraction of sp³-hybridized carbons (Fsp3) is 0.130. The molecule has 30 heavy (non-hydrogen) atoms. The van der Waals surface area contributed by atoms with Gasteiger partial charge < -0.3 is 19.0 Å². The Morgan fingerprint density at radius 1 is 1.10 bits per heavy atom. The number of nitrogens with one attached hydrogen (secondary N) is 1. The summed E-state index contributed by atoms with van der Waals surface area (Å²) in [6, 6.07) is 19.0. The second-order valence-electron chi connectivity index (χ2n) is 6.75. The quantitative estimate of drug-likeness (QED) is 0.405. The molecule has 0 saturated carbocycles. The maximum Gasteiger partial charge on any atom is 0.287 e. The number of carbonyl (C=O) groups excluding carboxylic acids is 1. The van der Waals surface area contributed by atoms with E-state index >= 15 is 0 Å². The largest absolute Gasteiger partial charge is 0.486 e. The van der Waals surface area contributed by atoms with Gasteiger partial charge in [-0.25, -0.2) is 4.98 Å². The molecule has 1 N–H and O–H groups in total. The van der Waals surface area contributed by atoms with Crippen molar-refractivity contribution >= 4 is 21.8 Å². The van der Waals surface area contributed by atoms with Gasteiger partial charge in [0.05, 0.1) is 6.33 Å². The average molecular weight is 466 g/mol. The van der Waals surface area contributed by atoms with Crippen LogP contribution in [-0.4, -0.2) is 15.5 Å². The minimum absolute atomic E-state index is 0.255. The Morgan fingerprint density at radius 3 is 2.73 bits per heavy atom. The van der Waals surface area contributed by atoms with Gasteiger partial charge in [0.1, 0.15) is 18.1 Å². The molecule has 0 fully saturated rings. The van der Waals surface area contributed by atoms with Crippen LogP contribution in [0.15, 0.2) is 88.3 Å². The number of aromatic nitrogens is 2. The average Bonchev–Trinajstić information content (AvgIpc) is 3.44. The SMILES string of the molecule is O=C(NCc1cccc(Cn2ccnc2)c1)c1ccc(COc2ccc(Br)cc2)o1. The highest BCUT2D eigenvalue weighted by Crippen LogP contribution is 2.18. The van der Waals surface area contributed by atoms with Crippen LogP contribution >= 0.6 is 15.9 Å². The summed E-state index contributed by atoms with van der Waals surface area (Å²) >= 11 is 3.39. The van der Waals surface area contributed by atoms with Crippen molar-refractivity contribution in [2.24, 2.45) is 0 Å². The number of benzene rings is 2. The maximum absolute atomic E-state index is 12.4. The Morgan fingerprint density at radius 2 is 1.93 bits per heavy atom. The van der Waals surface area contributed by atoms with E-state index in [0.29, 0.717) is 12.3 Å². The van der Waals surface area contributed by atoms with Gasteiger partial charge in [0.25, 0.3) is 5.91 Å². The molecule has 6 nitrogen and oxygen atoms in total. The lowest BCUT2D eigenvalue weighted by molar-refractivity contribution is 0.0919. The standard InChI is InChI=1S/C23H20BrN3O3/c24-19-4-6-20(7-5-19)29-15-21-8-9-22(30-21)23(28)26-13-17-2-1-3-18(12-17)14-27-11-10-25-16-27/h1-12,16H,13-15H2,(H,26,28). The molecule has 0 aliphatic heterocycles. The smallest absolute Gasteiger partial charge is 0.287 e. The van der Waals surface area contributed by atoms with E-state index < -0.39 is 0 Å². The van der Waals surface area contributed by atoms with E-state index in [2.05, 4.69) is 38.4 Å². The first-order chi connectivity index (χ1) is 14.7. The fourth-order valence-corrected chi connectivity index (χ4v) is 3.23. The van der Waals surface area contributed by atoms with Crippen LogP contribution in [0.4, 0.5) is 0 Å². The number of furan rings is 1. The van der Waals surface area contributed by atoms with E-state index in [1.54, 1.807) is 24.7 Å². The Balaban J connectivity index is 1.29. The number of hydrogen-bond acceptors (Lipinski definition) is 4. The lowest BCUT2D eigenvalue weighted by Crippen LogP contribution is -2.22. The highest BCUT2D eigenvalue weighted by Gasteiger charge is 2.11. The molecule has 7 heteroatoms. The third-order valence-corrected chi connectivity index (χ3v) is 4.98. The van der Waals surface area contributed by atoms with Gasteiger partial charge in [-0.2, -0.15) is 0 Å². The summed E-state index contributed by atoms with van der Waals surface area (Å²) in [7, 11) is 0. The molecule has 0 bridgehead atoms. The van der Waals surface area contributed by atoms with E-state index in [1.165, 1.54) is 0 Å². The minimum Gasteiger partial charge on any atom is -0.486 e. The molecule has 0 atom stereocenters. The van der Waals surface area contributed by atoms with Crippen molar-refractivity contribution in [1.82, 2.24) is 14.9 Å². The van der Waals surface area contributed by atoms with Crippen molar-refractivity contribution in [1.29, 1.82) is 0 Å². The van der Waals surface area contributed by atoms with Crippen LogP contribution in [0.3, 0.4) is 0 Å². The number of amides is 1. The zero-order valence-electron chi connectivity index (χ0n) is 16.1. The summed E-state index contributed by atoms with van der Waals surface area (Å²) in [4.78, 5) is 16.5. The Bertz CT molecular complexity index is 1100. The number of carbonyl (C=O) groups is 1. The topological polar surface area (TPSA) is 69.3 Å². The summed E-state index contributed by atoms with van der Waals surface area (Å²) in [6.07, 6.45) is 5.46. The van der Waals surface area contributed by atoms with Crippen LogP contribution in [-0.2, 0) is 19.7 Å². The van der Waals surface area contributed by atoms with E-state index in [4.69, 9.17) is 9.15 Å². The van der Waals surface area contributed by atoms with Crippen LogP contribution in [0.2, 0.25) is 0 Å². The first-order valence-corrected chi connectivity index (χ1v) is 10.2. The summed E-state index contributed by atoms with van der Waals surface area (Å²) < 4.78 is 14.3. The molecule has 4 aromatic rings. The number of nitrogens with zero attached hydrogens (tertiary/aromatic N) is 2. The fourth-order valence-electron chi connectivity index (χ4n) is 2.96. The van der Waals surface area contributed by atoms with Gasteiger partial charge in [0, 0.05) is 30.0 Å². The van der Waals surface area contributed by atoms with Crippen molar-refractivity contribution in [2.75, 3.05) is 0 Å². The zero-order valence-corrected chi connectivity index (χ0v) is 17.7. The van der Waals surface area contributed by atoms with Gasteiger partial charge in [-0.3, -0.25) is 4.79 Å². The lowest BCUT2D eigenvalue weighted by Gasteiger charge is -2.07. The summed E-state index contributed by atoms with van der Waals surface area (Å²) in [5, 5.41) is 2.90. The predicted molar refractivity (Wildman–Crippen MR) is 116 cm³/mol. The van der Waals surface area contributed by atoms with Gasteiger partial charge >= 0.3 is 0 Å². The third kappa shape index (κ3) is 5.39. The van der Waals surface area contributed by atoms with Crippen molar-refractivity contribution in [2.45, 2.75) is 19.7 Å². The Labute approximate surface area is 182 Å². The van der Waals surface area contributed by atoms with Crippen molar-refractivity contribution in [3.05, 3.63) is 107 Å². The summed E-state index contributed by atoms with van der Waals surface area (Å²) in [5.74, 6) is 1.32. The summed E-state index contributed by atoms with van der Waals surface area (Å²) in [5.41, 5.74) is 2.16.